The molecule has 0 saturated carbocycles. The molecule has 1 heterocycles. The Kier molecular flexibility index (Phi) is 4.51. The van der Waals surface area contributed by atoms with E-state index in [-0.39, 0.29) is 12.8 Å². The second-order valence-corrected chi connectivity index (χ2v) is 5.41. The first kappa shape index (κ1) is 14.8. The third-order valence-corrected chi connectivity index (χ3v) is 4.01. The molecule has 106 valence electrons. The van der Waals surface area contributed by atoms with E-state index in [1.165, 1.54) is 0 Å². The molecule has 0 unspecified atom stereocenters. The SMILES string of the molecule is FC(F)(F)C1CCN(c2cc(Cl)ccc2CCl)CC1. The van der Waals surface area contributed by atoms with Crippen LogP contribution >= 0.6 is 23.2 Å². The number of hydrogen-bond donors (Lipinski definition) is 0. The van der Waals surface area contributed by atoms with Crippen molar-refractivity contribution >= 4 is 28.9 Å². The summed E-state index contributed by atoms with van der Waals surface area (Å²) in [7, 11) is 0. The van der Waals surface area contributed by atoms with E-state index in [2.05, 4.69) is 0 Å². The van der Waals surface area contributed by atoms with Crippen LogP contribution in [-0.4, -0.2) is 19.3 Å². The van der Waals surface area contributed by atoms with Crippen molar-refractivity contribution in [2.75, 3.05) is 18.0 Å². The smallest absolute Gasteiger partial charge is 0.371 e. The number of rotatable bonds is 2. The molecule has 0 bridgehead atoms. The van der Waals surface area contributed by atoms with E-state index in [1.807, 2.05) is 11.0 Å². The molecular weight excluding hydrogens is 298 g/mol. The average Bonchev–Trinajstić information content (AvgIpc) is 2.38. The second-order valence-electron chi connectivity index (χ2n) is 4.71. The first-order valence-corrected chi connectivity index (χ1v) is 6.99. The molecule has 1 saturated heterocycles. The Morgan fingerprint density at radius 2 is 1.84 bits per heavy atom. The normalized spacial score (nSPS) is 17.8. The minimum absolute atomic E-state index is 0.123. The van der Waals surface area contributed by atoms with Crippen LogP contribution in [0.2, 0.25) is 5.02 Å². The fourth-order valence-electron chi connectivity index (χ4n) is 2.39. The lowest BCUT2D eigenvalue weighted by Gasteiger charge is -2.35. The van der Waals surface area contributed by atoms with Crippen LogP contribution in [0.15, 0.2) is 18.2 Å². The van der Waals surface area contributed by atoms with Crippen LogP contribution in [0.1, 0.15) is 18.4 Å². The van der Waals surface area contributed by atoms with Crippen LogP contribution in [0.3, 0.4) is 0 Å². The summed E-state index contributed by atoms with van der Waals surface area (Å²) in [4.78, 5) is 1.94. The van der Waals surface area contributed by atoms with Gasteiger partial charge >= 0.3 is 6.18 Å². The van der Waals surface area contributed by atoms with Gasteiger partial charge < -0.3 is 4.90 Å². The highest BCUT2D eigenvalue weighted by Crippen LogP contribution is 2.36. The first-order valence-electron chi connectivity index (χ1n) is 6.08. The lowest BCUT2D eigenvalue weighted by Crippen LogP contribution is -2.39. The van der Waals surface area contributed by atoms with Gasteiger partial charge in [-0.15, -0.1) is 11.6 Å². The van der Waals surface area contributed by atoms with Crippen molar-refractivity contribution in [1.82, 2.24) is 0 Å². The Bertz CT molecular complexity index is 440. The van der Waals surface area contributed by atoms with Gasteiger partial charge in [-0.3, -0.25) is 0 Å². The summed E-state index contributed by atoms with van der Waals surface area (Å²) < 4.78 is 37.9. The maximum atomic E-state index is 12.6. The van der Waals surface area contributed by atoms with Crippen LogP contribution in [-0.2, 0) is 5.88 Å². The minimum atomic E-state index is -4.09. The van der Waals surface area contributed by atoms with Crippen LogP contribution in [0.5, 0.6) is 0 Å². The van der Waals surface area contributed by atoms with E-state index >= 15 is 0 Å². The molecule has 0 spiro atoms. The van der Waals surface area contributed by atoms with Gasteiger partial charge in [0.15, 0.2) is 0 Å². The van der Waals surface area contributed by atoms with Gasteiger partial charge in [0.1, 0.15) is 0 Å². The quantitative estimate of drug-likeness (QED) is 0.705. The molecule has 0 radical (unpaired) electrons. The number of halogens is 5. The van der Waals surface area contributed by atoms with E-state index in [0.29, 0.717) is 24.0 Å². The summed E-state index contributed by atoms with van der Waals surface area (Å²) in [6.07, 6.45) is -3.84. The van der Waals surface area contributed by atoms with Crippen molar-refractivity contribution in [3.8, 4) is 0 Å². The third-order valence-electron chi connectivity index (χ3n) is 3.49. The zero-order chi connectivity index (χ0) is 14.0. The van der Waals surface area contributed by atoms with Crippen LogP contribution in [0.4, 0.5) is 18.9 Å². The predicted octanol–water partition coefficient (Wildman–Crippen LogP) is 4.86. The van der Waals surface area contributed by atoms with Crippen molar-refractivity contribution < 1.29 is 13.2 Å². The van der Waals surface area contributed by atoms with E-state index in [9.17, 15) is 13.2 Å². The molecule has 6 heteroatoms. The molecule has 1 nitrogen and oxygen atoms in total. The highest BCUT2D eigenvalue weighted by Gasteiger charge is 2.41. The lowest BCUT2D eigenvalue weighted by molar-refractivity contribution is -0.179. The molecule has 1 aromatic carbocycles. The van der Waals surface area contributed by atoms with Crippen LogP contribution in [0, 0.1) is 5.92 Å². The highest BCUT2D eigenvalue weighted by atomic mass is 35.5. The number of benzene rings is 1. The third kappa shape index (κ3) is 3.48. The molecule has 19 heavy (non-hydrogen) atoms. The summed E-state index contributed by atoms with van der Waals surface area (Å²) >= 11 is 11.8. The van der Waals surface area contributed by atoms with Crippen molar-refractivity contribution in [2.24, 2.45) is 5.92 Å². The van der Waals surface area contributed by atoms with Crippen molar-refractivity contribution in [3.63, 3.8) is 0 Å². The Morgan fingerprint density at radius 1 is 1.21 bits per heavy atom. The average molecular weight is 312 g/mol. The molecule has 0 aliphatic carbocycles. The van der Waals surface area contributed by atoms with Gasteiger partial charge in [0.2, 0.25) is 0 Å². The number of nitrogens with zero attached hydrogens (tertiary/aromatic N) is 1. The molecule has 0 aromatic heterocycles. The van der Waals surface area contributed by atoms with Gasteiger partial charge in [0.25, 0.3) is 0 Å². The summed E-state index contributed by atoms with van der Waals surface area (Å²) in [6, 6.07) is 5.33. The zero-order valence-corrected chi connectivity index (χ0v) is 11.7. The Hall–Kier alpha value is -0.610. The lowest BCUT2D eigenvalue weighted by atomic mass is 9.95. The fraction of sp³-hybridized carbons (Fsp3) is 0.538. The molecule has 0 amide bonds. The second kappa shape index (κ2) is 5.80. The van der Waals surface area contributed by atoms with Gasteiger partial charge in [-0.05, 0) is 30.5 Å². The Labute approximate surface area is 120 Å². The topological polar surface area (TPSA) is 3.24 Å². The standard InChI is InChI=1S/C13H14Cl2F3N/c14-8-9-1-2-11(15)7-12(9)19-5-3-10(4-6-19)13(16,17)18/h1-2,7,10H,3-6,8H2. The van der Waals surface area contributed by atoms with Gasteiger partial charge in [-0.1, -0.05) is 17.7 Å². The van der Waals surface area contributed by atoms with Crippen molar-refractivity contribution in [1.29, 1.82) is 0 Å². The molecule has 1 aromatic rings. The van der Waals surface area contributed by atoms with E-state index in [0.717, 1.165) is 11.3 Å². The number of piperidine rings is 1. The summed E-state index contributed by atoms with van der Waals surface area (Å²) in [5.74, 6) is -0.867. The first-order chi connectivity index (χ1) is 8.91. The molecule has 1 fully saturated rings. The Morgan fingerprint density at radius 3 is 2.37 bits per heavy atom. The molecule has 0 N–H and O–H groups in total. The van der Waals surface area contributed by atoms with Crippen molar-refractivity contribution in [2.45, 2.75) is 24.9 Å². The fourth-order valence-corrected chi connectivity index (χ4v) is 2.78. The minimum Gasteiger partial charge on any atom is -0.371 e. The Balaban J connectivity index is 2.11. The van der Waals surface area contributed by atoms with Gasteiger partial charge in [0.05, 0.1) is 5.92 Å². The molecule has 2 rings (SSSR count). The van der Waals surface area contributed by atoms with Crippen LogP contribution < -0.4 is 4.90 Å². The van der Waals surface area contributed by atoms with Gasteiger partial charge in [-0.25, -0.2) is 0 Å². The number of alkyl halides is 4. The van der Waals surface area contributed by atoms with Crippen LogP contribution in [0.25, 0.3) is 0 Å². The maximum absolute atomic E-state index is 12.6. The monoisotopic (exact) mass is 311 g/mol. The van der Waals surface area contributed by atoms with E-state index in [4.69, 9.17) is 23.2 Å². The number of hydrogen-bond acceptors (Lipinski definition) is 1. The maximum Gasteiger partial charge on any atom is 0.391 e. The van der Waals surface area contributed by atoms with Gasteiger partial charge in [0, 0.05) is 29.7 Å². The number of anilines is 1. The predicted molar refractivity (Wildman–Crippen MR) is 72.0 cm³/mol. The molecule has 1 aliphatic rings. The highest BCUT2D eigenvalue weighted by molar-refractivity contribution is 6.31. The molecular formula is C13H14Cl2F3N. The molecule has 0 atom stereocenters. The zero-order valence-electron chi connectivity index (χ0n) is 10.2. The van der Waals surface area contributed by atoms with Crippen molar-refractivity contribution in [3.05, 3.63) is 28.8 Å². The summed E-state index contributed by atoms with van der Waals surface area (Å²) in [6.45, 7) is 0.767. The largest absolute Gasteiger partial charge is 0.391 e. The summed E-state index contributed by atoms with van der Waals surface area (Å²) in [5.41, 5.74) is 1.75. The van der Waals surface area contributed by atoms with E-state index < -0.39 is 12.1 Å². The van der Waals surface area contributed by atoms with E-state index in [1.54, 1.807) is 12.1 Å². The van der Waals surface area contributed by atoms with Gasteiger partial charge in [-0.2, -0.15) is 13.2 Å². The summed E-state index contributed by atoms with van der Waals surface area (Å²) in [5, 5.41) is 0.571. The molecule has 1 aliphatic heterocycles.